The van der Waals surface area contributed by atoms with E-state index < -0.39 is 36.1 Å². The van der Waals surface area contributed by atoms with E-state index in [9.17, 15) is 19.5 Å². The molecule has 0 aliphatic carbocycles. The molecule has 0 fully saturated rings. The molecule has 3 amide bonds. The molecular formula is C26H32ClN3O5. The first kappa shape index (κ1) is 27.7. The van der Waals surface area contributed by atoms with Crippen molar-refractivity contribution >= 4 is 35.2 Å². The van der Waals surface area contributed by atoms with Gasteiger partial charge < -0.3 is 25.4 Å². The van der Waals surface area contributed by atoms with Gasteiger partial charge in [0, 0.05) is 12.1 Å². The number of phenols is 1. The summed E-state index contributed by atoms with van der Waals surface area (Å²) in [6.45, 7) is 11.8. The summed E-state index contributed by atoms with van der Waals surface area (Å²) in [5, 5.41) is 16.3. The Balaban J connectivity index is 2.44. The van der Waals surface area contributed by atoms with Crippen molar-refractivity contribution in [3.8, 4) is 5.75 Å². The van der Waals surface area contributed by atoms with Crippen LogP contribution in [0.3, 0.4) is 0 Å². The number of para-hydroxylation sites is 2. The maximum atomic E-state index is 13.6. The van der Waals surface area contributed by atoms with Crippen LogP contribution >= 0.6 is 11.6 Å². The first-order valence-corrected chi connectivity index (χ1v) is 11.4. The molecule has 2 aromatic rings. The minimum atomic E-state index is -1.24. The minimum absolute atomic E-state index is 0.0260. The summed E-state index contributed by atoms with van der Waals surface area (Å²) in [5.74, 6) is -1.28. The third-order valence-electron chi connectivity index (χ3n) is 5.02. The van der Waals surface area contributed by atoms with E-state index in [2.05, 4.69) is 17.2 Å². The number of halogens is 1. The van der Waals surface area contributed by atoms with Gasteiger partial charge in [0.15, 0.2) is 0 Å². The molecule has 9 heteroatoms. The van der Waals surface area contributed by atoms with Gasteiger partial charge in [-0.15, -0.1) is 6.58 Å². The van der Waals surface area contributed by atoms with E-state index in [1.165, 1.54) is 11.0 Å². The summed E-state index contributed by atoms with van der Waals surface area (Å²) in [6, 6.07) is 8.88. The number of benzene rings is 2. The predicted molar refractivity (Wildman–Crippen MR) is 137 cm³/mol. The molecule has 0 spiro atoms. The summed E-state index contributed by atoms with van der Waals surface area (Å²) < 4.78 is 5.19. The molecule has 0 aliphatic heterocycles. The van der Waals surface area contributed by atoms with Crippen molar-refractivity contribution in [3.63, 3.8) is 0 Å². The molecule has 188 valence electrons. The smallest absolute Gasteiger partial charge is 0.408 e. The predicted octanol–water partition coefficient (Wildman–Crippen LogP) is 4.88. The summed E-state index contributed by atoms with van der Waals surface area (Å²) >= 11 is 6.30. The quantitative estimate of drug-likeness (QED) is 0.447. The van der Waals surface area contributed by atoms with Gasteiger partial charge in [-0.1, -0.05) is 48.0 Å². The van der Waals surface area contributed by atoms with Crippen LogP contribution in [0.5, 0.6) is 5.75 Å². The number of aryl methyl sites for hydroxylation is 2. The van der Waals surface area contributed by atoms with E-state index in [1.54, 1.807) is 71.0 Å². The number of carbonyl (C=O) groups excluding carboxylic acids is 3. The van der Waals surface area contributed by atoms with Crippen molar-refractivity contribution in [3.05, 3.63) is 70.8 Å². The number of amides is 3. The molecule has 0 aliphatic rings. The van der Waals surface area contributed by atoms with Crippen molar-refractivity contribution in [1.82, 2.24) is 10.2 Å². The summed E-state index contributed by atoms with van der Waals surface area (Å²) in [6.07, 6.45) is 0.690. The molecule has 0 aromatic heterocycles. The highest BCUT2D eigenvalue weighted by molar-refractivity contribution is 6.34. The molecule has 2 rings (SSSR count). The van der Waals surface area contributed by atoms with E-state index in [0.29, 0.717) is 16.3 Å². The third kappa shape index (κ3) is 7.48. The highest BCUT2D eigenvalue weighted by atomic mass is 35.5. The SMILES string of the molecule is C=CCN(C(=O)CNC(=O)OC(C)(C)C)C(C(=O)Nc1c(C)cccc1Cl)c1cccc(C)c1O. The normalized spacial score (nSPS) is 11.8. The zero-order chi connectivity index (χ0) is 26.3. The summed E-state index contributed by atoms with van der Waals surface area (Å²) in [7, 11) is 0. The lowest BCUT2D eigenvalue weighted by Gasteiger charge is -2.31. The van der Waals surface area contributed by atoms with Gasteiger partial charge in [0.2, 0.25) is 5.91 Å². The van der Waals surface area contributed by atoms with Crippen LogP contribution in [0, 0.1) is 13.8 Å². The van der Waals surface area contributed by atoms with E-state index in [-0.39, 0.29) is 17.9 Å². The van der Waals surface area contributed by atoms with Crippen LogP contribution in [0.15, 0.2) is 49.1 Å². The molecule has 35 heavy (non-hydrogen) atoms. The second-order valence-electron chi connectivity index (χ2n) is 9.03. The Morgan fingerprint density at radius 2 is 1.77 bits per heavy atom. The Kier molecular flexibility index (Phi) is 9.31. The Bertz CT molecular complexity index is 1090. The highest BCUT2D eigenvalue weighted by Crippen LogP contribution is 2.34. The molecular weight excluding hydrogens is 470 g/mol. The fraction of sp³-hybridized carbons (Fsp3) is 0.346. The zero-order valence-electron chi connectivity index (χ0n) is 20.6. The molecule has 3 N–H and O–H groups in total. The summed E-state index contributed by atoms with van der Waals surface area (Å²) in [4.78, 5) is 40.1. The van der Waals surface area contributed by atoms with Crippen LogP contribution in [0.25, 0.3) is 0 Å². The van der Waals surface area contributed by atoms with Crippen molar-refractivity contribution in [1.29, 1.82) is 0 Å². The molecule has 8 nitrogen and oxygen atoms in total. The van der Waals surface area contributed by atoms with Gasteiger partial charge in [0.05, 0.1) is 10.7 Å². The minimum Gasteiger partial charge on any atom is -0.507 e. The fourth-order valence-corrected chi connectivity index (χ4v) is 3.66. The lowest BCUT2D eigenvalue weighted by molar-refractivity contribution is -0.137. The monoisotopic (exact) mass is 501 g/mol. The number of nitrogens with zero attached hydrogens (tertiary/aromatic N) is 1. The van der Waals surface area contributed by atoms with Crippen LogP contribution < -0.4 is 10.6 Å². The van der Waals surface area contributed by atoms with Crippen molar-refractivity contribution in [2.24, 2.45) is 0 Å². The Morgan fingerprint density at radius 3 is 2.37 bits per heavy atom. The molecule has 1 atom stereocenters. The number of anilines is 1. The Labute approximate surface area is 210 Å². The van der Waals surface area contributed by atoms with E-state index in [4.69, 9.17) is 16.3 Å². The zero-order valence-corrected chi connectivity index (χ0v) is 21.4. The van der Waals surface area contributed by atoms with Gasteiger partial charge in [0.25, 0.3) is 5.91 Å². The average Bonchev–Trinajstić information content (AvgIpc) is 2.76. The third-order valence-corrected chi connectivity index (χ3v) is 5.34. The van der Waals surface area contributed by atoms with Gasteiger partial charge in [-0.05, 0) is 51.8 Å². The number of carbonyl (C=O) groups is 3. The van der Waals surface area contributed by atoms with Crippen molar-refractivity contribution in [2.75, 3.05) is 18.4 Å². The Hall–Kier alpha value is -3.52. The van der Waals surface area contributed by atoms with Crippen LogP contribution in [-0.4, -0.2) is 46.6 Å². The summed E-state index contributed by atoms with van der Waals surface area (Å²) in [5.41, 5.74) is 1.14. The molecule has 0 bridgehead atoms. The number of hydrogen-bond donors (Lipinski definition) is 3. The maximum absolute atomic E-state index is 13.6. The number of phenolic OH excluding ortho intramolecular Hbond substituents is 1. The lowest BCUT2D eigenvalue weighted by Crippen LogP contribution is -2.46. The van der Waals surface area contributed by atoms with E-state index in [0.717, 1.165) is 5.56 Å². The van der Waals surface area contributed by atoms with Gasteiger partial charge in [0.1, 0.15) is 23.9 Å². The molecule has 0 saturated heterocycles. The van der Waals surface area contributed by atoms with Gasteiger partial charge in [-0.2, -0.15) is 0 Å². The van der Waals surface area contributed by atoms with Gasteiger partial charge in [-0.25, -0.2) is 4.79 Å². The van der Waals surface area contributed by atoms with Crippen molar-refractivity contribution < 1.29 is 24.2 Å². The van der Waals surface area contributed by atoms with E-state index in [1.807, 2.05) is 0 Å². The average molecular weight is 502 g/mol. The first-order chi connectivity index (χ1) is 16.4. The Morgan fingerprint density at radius 1 is 1.14 bits per heavy atom. The van der Waals surface area contributed by atoms with Crippen LogP contribution in [0.2, 0.25) is 5.02 Å². The van der Waals surface area contributed by atoms with Crippen LogP contribution in [0.1, 0.15) is 43.5 Å². The number of ether oxygens (including phenoxy) is 1. The number of aromatic hydroxyl groups is 1. The highest BCUT2D eigenvalue weighted by Gasteiger charge is 2.34. The number of hydrogen-bond acceptors (Lipinski definition) is 5. The number of alkyl carbamates (subject to hydrolysis) is 1. The maximum Gasteiger partial charge on any atom is 0.408 e. The van der Waals surface area contributed by atoms with Gasteiger partial charge >= 0.3 is 6.09 Å². The van der Waals surface area contributed by atoms with Crippen LogP contribution in [-0.2, 0) is 14.3 Å². The molecule has 0 saturated carbocycles. The van der Waals surface area contributed by atoms with Gasteiger partial charge in [-0.3, -0.25) is 9.59 Å². The molecule has 0 heterocycles. The number of nitrogens with one attached hydrogen (secondary N) is 2. The van der Waals surface area contributed by atoms with E-state index >= 15 is 0 Å². The first-order valence-electron chi connectivity index (χ1n) is 11.1. The van der Waals surface area contributed by atoms with Crippen molar-refractivity contribution in [2.45, 2.75) is 46.3 Å². The standard InChI is InChI=1S/C26H32ClN3O5/c1-7-14-30(20(31)15-28-25(34)35-26(4,5)6)22(18-12-8-11-17(3)23(18)32)24(33)29-21-16(2)10-9-13-19(21)27/h7-13,22,32H,1,14-15H2,2-6H3,(H,28,34)(H,29,33). The largest absolute Gasteiger partial charge is 0.507 e. The molecule has 1 unspecified atom stereocenters. The number of rotatable bonds is 8. The van der Waals surface area contributed by atoms with Crippen LogP contribution in [0.4, 0.5) is 10.5 Å². The topological polar surface area (TPSA) is 108 Å². The molecule has 0 radical (unpaired) electrons. The lowest BCUT2D eigenvalue weighted by atomic mass is 9.99. The second-order valence-corrected chi connectivity index (χ2v) is 9.43. The molecule has 2 aromatic carbocycles. The second kappa shape index (κ2) is 11.8. The fourth-order valence-electron chi connectivity index (χ4n) is 3.39.